The first-order valence-corrected chi connectivity index (χ1v) is 10.4. The highest BCUT2D eigenvalue weighted by Crippen LogP contribution is 2.45. The minimum atomic E-state index is -0.933. The molecule has 1 aromatic heterocycles. The fourth-order valence-corrected chi connectivity index (χ4v) is 4.26. The quantitative estimate of drug-likeness (QED) is 0.399. The summed E-state index contributed by atoms with van der Waals surface area (Å²) in [6.45, 7) is 8.15. The van der Waals surface area contributed by atoms with Gasteiger partial charge in [0.2, 0.25) is 0 Å². The molecule has 3 rings (SSSR count). The molecule has 1 aliphatic carbocycles. The number of carbonyl (C=O) groups is 3. The molecule has 1 aromatic rings. The van der Waals surface area contributed by atoms with Crippen LogP contribution in [0.1, 0.15) is 44.6 Å². The van der Waals surface area contributed by atoms with Gasteiger partial charge in [-0.25, -0.2) is 4.79 Å². The first-order valence-electron chi connectivity index (χ1n) is 10.4. The number of allylic oxidation sites excluding steroid dienone is 3. The summed E-state index contributed by atoms with van der Waals surface area (Å²) in [7, 11) is 1.27. The van der Waals surface area contributed by atoms with E-state index in [0.29, 0.717) is 41.5 Å². The lowest BCUT2D eigenvalue weighted by Crippen LogP contribution is -2.43. The van der Waals surface area contributed by atoms with Gasteiger partial charge in [-0.15, -0.1) is 0 Å². The van der Waals surface area contributed by atoms with Crippen LogP contribution in [-0.4, -0.2) is 44.7 Å². The molecule has 0 aromatic carbocycles. The molecule has 1 N–H and O–H groups in total. The molecule has 0 spiro atoms. The van der Waals surface area contributed by atoms with E-state index in [2.05, 4.69) is 5.32 Å². The Balaban J connectivity index is 2.03. The predicted octanol–water partition coefficient (Wildman–Crippen LogP) is 2.78. The Labute approximate surface area is 181 Å². The Hall–Kier alpha value is -2.87. The van der Waals surface area contributed by atoms with E-state index in [9.17, 15) is 14.4 Å². The number of ether oxygens (including phenoxy) is 3. The highest BCUT2D eigenvalue weighted by atomic mass is 16.6. The third-order valence-corrected chi connectivity index (χ3v) is 5.67. The Kier molecular flexibility index (Phi) is 7.00. The predicted molar refractivity (Wildman–Crippen MR) is 111 cm³/mol. The molecule has 0 amide bonds. The van der Waals surface area contributed by atoms with Crippen molar-refractivity contribution < 1.29 is 33.0 Å². The molecular formula is C23H29NO7. The summed E-state index contributed by atoms with van der Waals surface area (Å²) in [4.78, 5) is 38.9. The molecule has 0 fully saturated rings. The zero-order valence-corrected chi connectivity index (χ0v) is 18.6. The summed E-state index contributed by atoms with van der Waals surface area (Å²) in [6, 6.07) is 3.52. The number of hydrogen-bond donors (Lipinski definition) is 1. The topological polar surface area (TPSA) is 104 Å². The molecule has 0 saturated heterocycles. The Morgan fingerprint density at radius 2 is 1.97 bits per heavy atom. The summed E-state index contributed by atoms with van der Waals surface area (Å²) in [5.41, 5.74) is 1.93. The maximum absolute atomic E-state index is 13.5. The second kappa shape index (κ2) is 9.51. The summed E-state index contributed by atoms with van der Waals surface area (Å²) >= 11 is 0. The average Bonchev–Trinajstić information content (AvgIpc) is 3.15. The molecule has 0 bridgehead atoms. The lowest BCUT2D eigenvalue weighted by molar-refractivity contribution is -0.151. The van der Waals surface area contributed by atoms with Crippen LogP contribution < -0.4 is 5.32 Å². The van der Waals surface area contributed by atoms with Crippen LogP contribution >= 0.6 is 0 Å². The molecule has 0 unspecified atom stereocenters. The van der Waals surface area contributed by atoms with E-state index in [4.69, 9.17) is 18.6 Å². The van der Waals surface area contributed by atoms with Crippen LogP contribution in [0.5, 0.6) is 0 Å². The van der Waals surface area contributed by atoms with Gasteiger partial charge in [-0.05, 0) is 45.2 Å². The van der Waals surface area contributed by atoms with E-state index < -0.39 is 23.8 Å². The van der Waals surface area contributed by atoms with Crippen molar-refractivity contribution >= 4 is 17.7 Å². The molecule has 2 aliphatic rings. The fourth-order valence-electron chi connectivity index (χ4n) is 4.26. The van der Waals surface area contributed by atoms with Crippen molar-refractivity contribution in [2.24, 2.45) is 11.8 Å². The zero-order valence-electron chi connectivity index (χ0n) is 18.6. The summed E-state index contributed by atoms with van der Waals surface area (Å²) in [6.07, 6.45) is 0.473. The smallest absolute Gasteiger partial charge is 0.336 e. The first kappa shape index (κ1) is 22.8. The van der Waals surface area contributed by atoms with Crippen LogP contribution in [0, 0.1) is 18.8 Å². The molecule has 168 valence electrons. The van der Waals surface area contributed by atoms with Crippen molar-refractivity contribution in [1.29, 1.82) is 0 Å². The van der Waals surface area contributed by atoms with E-state index >= 15 is 0 Å². The van der Waals surface area contributed by atoms with Crippen molar-refractivity contribution in [2.45, 2.75) is 40.0 Å². The van der Waals surface area contributed by atoms with Crippen molar-refractivity contribution in [2.75, 3.05) is 26.9 Å². The van der Waals surface area contributed by atoms with Gasteiger partial charge in [-0.3, -0.25) is 9.59 Å². The van der Waals surface area contributed by atoms with Crippen LogP contribution in [0.2, 0.25) is 0 Å². The van der Waals surface area contributed by atoms with E-state index in [0.717, 1.165) is 0 Å². The SMILES string of the molecule is CCOCCOC(=O)C1=C(C)NC2=C(C(=O)[C@H](C(=O)OC)[C@H](C)C2)[C@H]1c1ccc(C)o1. The van der Waals surface area contributed by atoms with Crippen LogP contribution in [0.4, 0.5) is 0 Å². The number of Topliss-reactive ketones (excluding diaryl/α,β-unsaturated/α-hetero) is 1. The van der Waals surface area contributed by atoms with Crippen molar-refractivity contribution in [3.05, 3.63) is 46.2 Å². The van der Waals surface area contributed by atoms with Gasteiger partial charge in [0.25, 0.3) is 0 Å². The first-order chi connectivity index (χ1) is 14.8. The summed E-state index contributed by atoms with van der Waals surface area (Å²) in [5, 5.41) is 3.21. The lowest BCUT2D eigenvalue weighted by atomic mass is 9.70. The molecular weight excluding hydrogens is 402 g/mol. The van der Waals surface area contributed by atoms with Gasteiger partial charge in [0, 0.05) is 23.6 Å². The van der Waals surface area contributed by atoms with Gasteiger partial charge in [0.1, 0.15) is 24.0 Å². The second-order valence-corrected chi connectivity index (χ2v) is 7.82. The molecule has 31 heavy (non-hydrogen) atoms. The highest BCUT2D eigenvalue weighted by molar-refractivity contribution is 6.12. The number of furan rings is 1. The minimum Gasteiger partial charge on any atom is -0.468 e. The number of aryl methyl sites for hydroxylation is 1. The van der Waals surface area contributed by atoms with Crippen molar-refractivity contribution in [3.8, 4) is 0 Å². The number of dihydropyridines is 1. The van der Waals surface area contributed by atoms with Gasteiger partial charge in [0.15, 0.2) is 5.78 Å². The maximum atomic E-state index is 13.5. The summed E-state index contributed by atoms with van der Waals surface area (Å²) < 4.78 is 21.4. The van der Waals surface area contributed by atoms with Gasteiger partial charge >= 0.3 is 11.9 Å². The zero-order chi connectivity index (χ0) is 22.7. The minimum absolute atomic E-state index is 0.0923. The number of rotatable bonds is 7. The second-order valence-electron chi connectivity index (χ2n) is 7.82. The number of ketones is 1. The lowest BCUT2D eigenvalue weighted by Gasteiger charge is -2.37. The van der Waals surface area contributed by atoms with Crippen molar-refractivity contribution in [1.82, 2.24) is 5.32 Å². The van der Waals surface area contributed by atoms with Crippen molar-refractivity contribution in [3.63, 3.8) is 0 Å². The van der Waals surface area contributed by atoms with E-state index in [1.165, 1.54) is 7.11 Å². The average molecular weight is 431 g/mol. The number of nitrogens with one attached hydrogen (secondary N) is 1. The molecule has 0 saturated carbocycles. The van der Waals surface area contributed by atoms with Crippen LogP contribution in [-0.2, 0) is 28.6 Å². The Bertz CT molecular complexity index is 939. The Morgan fingerprint density at radius 1 is 1.23 bits per heavy atom. The third-order valence-electron chi connectivity index (χ3n) is 5.67. The normalized spacial score (nSPS) is 23.4. The molecule has 8 nitrogen and oxygen atoms in total. The largest absolute Gasteiger partial charge is 0.468 e. The highest BCUT2D eigenvalue weighted by Gasteiger charge is 2.48. The fraction of sp³-hybridized carbons (Fsp3) is 0.522. The molecule has 1 aliphatic heterocycles. The number of methoxy groups -OCH3 is 1. The van der Waals surface area contributed by atoms with Crippen LogP contribution in [0.15, 0.2) is 39.1 Å². The standard InChI is InChI=1S/C23H29NO7/c1-6-29-9-10-30-23(27)18-14(4)24-15-11-12(2)17(22(26)28-5)21(25)19(15)20(18)16-8-7-13(3)31-16/h7-8,12,17,20,24H,6,9-11H2,1-5H3/t12-,17-,20+/m1/s1. The van der Waals surface area contributed by atoms with E-state index in [1.807, 2.05) is 13.8 Å². The molecule has 0 radical (unpaired) electrons. The van der Waals surface area contributed by atoms with E-state index in [-0.39, 0.29) is 30.5 Å². The number of hydrogen-bond acceptors (Lipinski definition) is 8. The molecule has 3 atom stereocenters. The van der Waals surface area contributed by atoms with Crippen LogP contribution in [0.25, 0.3) is 0 Å². The Morgan fingerprint density at radius 3 is 2.58 bits per heavy atom. The summed E-state index contributed by atoms with van der Waals surface area (Å²) in [5.74, 6) is -2.33. The molecule has 8 heteroatoms. The van der Waals surface area contributed by atoms with E-state index in [1.54, 1.807) is 26.0 Å². The maximum Gasteiger partial charge on any atom is 0.336 e. The van der Waals surface area contributed by atoms with Gasteiger partial charge in [-0.2, -0.15) is 0 Å². The molecule has 2 heterocycles. The van der Waals surface area contributed by atoms with Gasteiger partial charge in [0.05, 0.1) is 25.2 Å². The van der Waals surface area contributed by atoms with Gasteiger partial charge in [-0.1, -0.05) is 6.92 Å². The number of carbonyl (C=O) groups excluding carboxylic acids is 3. The van der Waals surface area contributed by atoms with Gasteiger partial charge < -0.3 is 23.9 Å². The van der Waals surface area contributed by atoms with Crippen LogP contribution in [0.3, 0.4) is 0 Å². The monoisotopic (exact) mass is 431 g/mol. The number of esters is 2. The third kappa shape index (κ3) is 4.44.